The molecule has 1 amide bonds. The maximum atomic E-state index is 12.5. The van der Waals surface area contributed by atoms with E-state index in [1.165, 1.54) is 0 Å². The highest BCUT2D eigenvalue weighted by atomic mass is 16.5. The zero-order valence-corrected chi connectivity index (χ0v) is 16.1. The van der Waals surface area contributed by atoms with Gasteiger partial charge in [0.15, 0.2) is 6.61 Å². The SMILES string of the molecule is COc1ccc(-n2c(C)cc(C(=O)OCC(=O)Nc3ccccc3)c2C)cc1. The molecular formula is C22H22N2O4. The van der Waals surface area contributed by atoms with Crippen molar-refractivity contribution >= 4 is 17.6 Å². The molecule has 0 aliphatic heterocycles. The van der Waals surface area contributed by atoms with Crippen molar-refractivity contribution in [1.82, 2.24) is 4.57 Å². The highest BCUT2D eigenvalue weighted by molar-refractivity contribution is 5.96. The van der Waals surface area contributed by atoms with E-state index in [0.717, 1.165) is 22.8 Å². The molecule has 3 aromatic rings. The molecule has 1 aromatic heterocycles. The lowest BCUT2D eigenvalue weighted by Crippen LogP contribution is -2.21. The summed E-state index contributed by atoms with van der Waals surface area (Å²) >= 11 is 0. The molecule has 0 spiro atoms. The molecule has 6 nitrogen and oxygen atoms in total. The molecule has 3 rings (SSSR count). The predicted octanol–water partition coefficient (Wildman–Crippen LogP) is 3.90. The molecule has 0 radical (unpaired) electrons. The number of hydrogen-bond acceptors (Lipinski definition) is 4. The second-order valence-corrected chi connectivity index (χ2v) is 6.31. The molecule has 6 heteroatoms. The van der Waals surface area contributed by atoms with Crippen molar-refractivity contribution in [3.05, 3.63) is 77.6 Å². The van der Waals surface area contributed by atoms with Crippen molar-refractivity contribution < 1.29 is 19.1 Å². The molecule has 0 saturated heterocycles. The molecule has 0 fully saturated rings. The summed E-state index contributed by atoms with van der Waals surface area (Å²) in [6.07, 6.45) is 0. The third-order valence-electron chi connectivity index (χ3n) is 4.37. The fourth-order valence-electron chi connectivity index (χ4n) is 3.03. The van der Waals surface area contributed by atoms with Crippen molar-refractivity contribution in [2.24, 2.45) is 0 Å². The van der Waals surface area contributed by atoms with Crippen molar-refractivity contribution in [3.8, 4) is 11.4 Å². The Morgan fingerprint density at radius 3 is 2.32 bits per heavy atom. The standard InChI is InChI=1S/C22H22N2O4/c1-15-13-20(16(2)24(15)18-9-11-19(27-3)12-10-18)22(26)28-14-21(25)23-17-7-5-4-6-8-17/h4-13H,14H2,1-3H3,(H,23,25). The second-order valence-electron chi connectivity index (χ2n) is 6.31. The van der Waals surface area contributed by atoms with Gasteiger partial charge in [0.25, 0.3) is 5.91 Å². The van der Waals surface area contributed by atoms with Crippen LogP contribution >= 0.6 is 0 Å². The maximum absolute atomic E-state index is 12.5. The van der Waals surface area contributed by atoms with E-state index >= 15 is 0 Å². The quantitative estimate of drug-likeness (QED) is 0.661. The smallest absolute Gasteiger partial charge is 0.340 e. The van der Waals surface area contributed by atoms with Crippen LogP contribution in [0.1, 0.15) is 21.7 Å². The minimum absolute atomic E-state index is 0.347. The van der Waals surface area contributed by atoms with Crippen LogP contribution in [0, 0.1) is 13.8 Å². The molecule has 28 heavy (non-hydrogen) atoms. The van der Waals surface area contributed by atoms with Gasteiger partial charge in [0.2, 0.25) is 0 Å². The van der Waals surface area contributed by atoms with Gasteiger partial charge in [-0.1, -0.05) is 18.2 Å². The van der Waals surface area contributed by atoms with Gasteiger partial charge in [0, 0.05) is 22.8 Å². The van der Waals surface area contributed by atoms with Gasteiger partial charge in [-0.15, -0.1) is 0 Å². The number of carbonyl (C=O) groups excluding carboxylic acids is 2. The highest BCUT2D eigenvalue weighted by Crippen LogP contribution is 2.23. The van der Waals surface area contributed by atoms with Crippen LogP contribution in [0.3, 0.4) is 0 Å². The van der Waals surface area contributed by atoms with E-state index in [9.17, 15) is 9.59 Å². The fourth-order valence-corrected chi connectivity index (χ4v) is 3.03. The molecule has 0 saturated carbocycles. The topological polar surface area (TPSA) is 69.6 Å². The predicted molar refractivity (Wildman–Crippen MR) is 107 cm³/mol. The van der Waals surface area contributed by atoms with Crippen molar-refractivity contribution in [3.63, 3.8) is 0 Å². The van der Waals surface area contributed by atoms with Gasteiger partial charge in [-0.05, 0) is 56.3 Å². The lowest BCUT2D eigenvalue weighted by Gasteiger charge is -2.11. The Kier molecular flexibility index (Phi) is 5.79. The van der Waals surface area contributed by atoms with Crippen LogP contribution < -0.4 is 10.1 Å². The first-order chi connectivity index (χ1) is 13.5. The average Bonchev–Trinajstić information content (AvgIpc) is 3.01. The number of anilines is 1. The summed E-state index contributed by atoms with van der Waals surface area (Å²) in [6, 6.07) is 18.3. The van der Waals surface area contributed by atoms with Crippen LogP contribution in [0.25, 0.3) is 5.69 Å². The fraction of sp³-hybridized carbons (Fsp3) is 0.182. The summed E-state index contributed by atoms with van der Waals surface area (Å²) < 4.78 is 12.3. The third-order valence-corrected chi connectivity index (χ3v) is 4.37. The van der Waals surface area contributed by atoms with E-state index in [1.807, 2.05) is 60.9 Å². The van der Waals surface area contributed by atoms with Gasteiger partial charge in [0.1, 0.15) is 5.75 Å². The third kappa shape index (κ3) is 4.23. The molecule has 1 N–H and O–H groups in total. The summed E-state index contributed by atoms with van der Waals surface area (Å²) in [5, 5.41) is 2.68. The number of aromatic nitrogens is 1. The Morgan fingerprint density at radius 1 is 1.00 bits per heavy atom. The first-order valence-electron chi connectivity index (χ1n) is 8.85. The maximum Gasteiger partial charge on any atom is 0.340 e. The summed E-state index contributed by atoms with van der Waals surface area (Å²) in [7, 11) is 1.61. The number of esters is 1. The molecule has 0 atom stereocenters. The monoisotopic (exact) mass is 378 g/mol. The van der Waals surface area contributed by atoms with Crippen LogP contribution in [0.2, 0.25) is 0 Å². The Labute approximate surface area is 163 Å². The first kappa shape index (κ1) is 19.2. The number of nitrogens with zero attached hydrogens (tertiary/aromatic N) is 1. The molecule has 144 valence electrons. The lowest BCUT2D eigenvalue weighted by molar-refractivity contribution is -0.119. The van der Waals surface area contributed by atoms with Crippen LogP contribution in [-0.4, -0.2) is 30.2 Å². The lowest BCUT2D eigenvalue weighted by atomic mass is 10.2. The summed E-state index contributed by atoms with van der Waals surface area (Å²) in [5.41, 5.74) is 3.64. The first-order valence-corrected chi connectivity index (χ1v) is 8.85. The average molecular weight is 378 g/mol. The van der Waals surface area contributed by atoms with Crippen molar-refractivity contribution in [2.45, 2.75) is 13.8 Å². The Morgan fingerprint density at radius 2 is 1.68 bits per heavy atom. The molecular weight excluding hydrogens is 356 g/mol. The van der Waals surface area contributed by atoms with Crippen LogP contribution in [0.15, 0.2) is 60.7 Å². The van der Waals surface area contributed by atoms with Crippen LogP contribution in [0.5, 0.6) is 5.75 Å². The Bertz CT molecular complexity index is 976. The van der Waals surface area contributed by atoms with E-state index in [2.05, 4.69) is 5.32 Å². The molecule has 0 unspecified atom stereocenters. The number of hydrogen-bond donors (Lipinski definition) is 1. The summed E-state index contributed by atoms with van der Waals surface area (Å²) in [6.45, 7) is 3.41. The zero-order valence-electron chi connectivity index (χ0n) is 16.1. The van der Waals surface area contributed by atoms with Crippen molar-refractivity contribution in [1.29, 1.82) is 0 Å². The van der Waals surface area contributed by atoms with E-state index in [-0.39, 0.29) is 12.5 Å². The molecule has 0 bridgehead atoms. The molecule has 1 heterocycles. The van der Waals surface area contributed by atoms with Gasteiger partial charge < -0.3 is 19.4 Å². The number of rotatable bonds is 6. The number of benzene rings is 2. The highest BCUT2D eigenvalue weighted by Gasteiger charge is 2.19. The number of carbonyl (C=O) groups is 2. The van der Waals surface area contributed by atoms with E-state index in [0.29, 0.717) is 11.3 Å². The van der Waals surface area contributed by atoms with Gasteiger partial charge in [-0.2, -0.15) is 0 Å². The summed E-state index contributed by atoms with van der Waals surface area (Å²) in [5.74, 6) is -0.158. The largest absolute Gasteiger partial charge is 0.497 e. The molecule has 0 aliphatic rings. The number of aryl methyl sites for hydroxylation is 1. The number of ether oxygens (including phenoxy) is 2. The summed E-state index contributed by atoms with van der Waals surface area (Å²) in [4.78, 5) is 24.5. The number of para-hydroxylation sites is 1. The Balaban J connectivity index is 1.69. The minimum atomic E-state index is -0.531. The number of nitrogens with one attached hydrogen (secondary N) is 1. The zero-order chi connectivity index (χ0) is 20.1. The van der Waals surface area contributed by atoms with Gasteiger partial charge in [-0.3, -0.25) is 4.79 Å². The minimum Gasteiger partial charge on any atom is -0.497 e. The van der Waals surface area contributed by atoms with Gasteiger partial charge in [0.05, 0.1) is 12.7 Å². The Hall–Kier alpha value is -3.54. The van der Waals surface area contributed by atoms with Crippen LogP contribution in [0.4, 0.5) is 5.69 Å². The number of amides is 1. The normalized spacial score (nSPS) is 10.4. The van der Waals surface area contributed by atoms with E-state index < -0.39 is 5.97 Å². The van der Waals surface area contributed by atoms with E-state index in [1.54, 1.807) is 25.3 Å². The van der Waals surface area contributed by atoms with E-state index in [4.69, 9.17) is 9.47 Å². The molecule has 2 aromatic carbocycles. The van der Waals surface area contributed by atoms with Gasteiger partial charge in [-0.25, -0.2) is 4.79 Å². The second kappa shape index (κ2) is 8.43. The van der Waals surface area contributed by atoms with Crippen LogP contribution in [-0.2, 0) is 9.53 Å². The number of methoxy groups -OCH3 is 1. The van der Waals surface area contributed by atoms with Gasteiger partial charge >= 0.3 is 5.97 Å². The molecule has 0 aliphatic carbocycles. The van der Waals surface area contributed by atoms with Crippen molar-refractivity contribution in [2.75, 3.05) is 19.0 Å².